The highest BCUT2D eigenvalue weighted by Crippen LogP contribution is 2.37. The summed E-state index contributed by atoms with van der Waals surface area (Å²) >= 11 is 0. The van der Waals surface area contributed by atoms with Crippen molar-refractivity contribution in [1.29, 1.82) is 0 Å². The Balaban J connectivity index is 1.37. The van der Waals surface area contributed by atoms with Crippen LogP contribution >= 0.6 is 0 Å². The molecule has 0 fully saturated rings. The Kier molecular flexibility index (Phi) is 5.24. The molecule has 6 heteroatoms. The molecule has 0 saturated heterocycles. The van der Waals surface area contributed by atoms with Gasteiger partial charge in [-0.2, -0.15) is 0 Å². The lowest BCUT2D eigenvalue weighted by atomic mass is 10.1. The predicted molar refractivity (Wildman–Crippen MR) is 128 cm³/mol. The number of rotatable bonds is 5. The van der Waals surface area contributed by atoms with Gasteiger partial charge in [0.05, 0.1) is 0 Å². The number of nitrogens with one attached hydrogen (secondary N) is 2. The topological polar surface area (TPSA) is 57.4 Å². The van der Waals surface area contributed by atoms with Crippen molar-refractivity contribution in [3.63, 3.8) is 0 Å². The van der Waals surface area contributed by atoms with E-state index in [1.807, 2.05) is 59.5 Å². The molecule has 4 aromatic rings. The molecular formula is C27H20FN3O2. The Morgan fingerprint density at radius 1 is 0.909 bits per heavy atom. The molecule has 0 bridgehead atoms. The number of carbonyl (C=O) groups is 1. The second-order valence-corrected chi connectivity index (χ2v) is 7.52. The molecule has 3 aromatic carbocycles. The average Bonchev–Trinajstić information content (AvgIpc) is 3.25. The fourth-order valence-electron chi connectivity index (χ4n) is 3.64. The molecule has 5 nitrogen and oxygen atoms in total. The highest BCUT2D eigenvalue weighted by atomic mass is 19.1. The van der Waals surface area contributed by atoms with E-state index < -0.39 is 0 Å². The van der Waals surface area contributed by atoms with Crippen LogP contribution in [0.4, 0.5) is 21.6 Å². The molecule has 1 amide bonds. The minimum absolute atomic E-state index is 0.292. The number of benzene rings is 3. The first-order valence-corrected chi connectivity index (χ1v) is 10.4. The number of nitrogens with zero attached hydrogens (tertiary/aromatic N) is 1. The highest BCUT2D eigenvalue weighted by molar-refractivity contribution is 6.04. The van der Waals surface area contributed by atoms with Crippen molar-refractivity contribution in [2.75, 3.05) is 10.2 Å². The number of halogens is 1. The zero-order valence-corrected chi connectivity index (χ0v) is 17.6. The van der Waals surface area contributed by atoms with Gasteiger partial charge in [-0.1, -0.05) is 30.8 Å². The maximum atomic E-state index is 13.4. The Bertz CT molecular complexity index is 1360. The molecule has 1 aliphatic rings. The van der Waals surface area contributed by atoms with Crippen LogP contribution in [0.1, 0.15) is 16.1 Å². The van der Waals surface area contributed by atoms with Crippen LogP contribution in [0.3, 0.4) is 0 Å². The number of H-pyrrole nitrogens is 1. The molecule has 1 aromatic heterocycles. The Hall–Kier alpha value is -4.58. The van der Waals surface area contributed by atoms with Gasteiger partial charge in [-0.25, -0.2) is 4.39 Å². The fraction of sp³-hybridized carbons (Fsp3) is 0. The molecule has 33 heavy (non-hydrogen) atoms. The van der Waals surface area contributed by atoms with Crippen molar-refractivity contribution in [2.24, 2.45) is 0 Å². The number of anilines is 3. The van der Waals surface area contributed by atoms with Crippen LogP contribution in [0.5, 0.6) is 11.5 Å². The summed E-state index contributed by atoms with van der Waals surface area (Å²) in [4.78, 5) is 18.0. The molecule has 5 rings (SSSR count). The maximum absolute atomic E-state index is 13.4. The van der Waals surface area contributed by atoms with Gasteiger partial charge in [-0.3, -0.25) is 9.69 Å². The van der Waals surface area contributed by atoms with Gasteiger partial charge in [0, 0.05) is 28.7 Å². The minimum atomic E-state index is -0.317. The van der Waals surface area contributed by atoms with E-state index in [1.54, 1.807) is 30.3 Å². The quantitative estimate of drug-likeness (QED) is 0.358. The molecule has 0 saturated carbocycles. The summed E-state index contributed by atoms with van der Waals surface area (Å²) in [6, 6.07) is 24.5. The second-order valence-electron chi connectivity index (χ2n) is 7.52. The Labute approximate surface area is 190 Å². The minimum Gasteiger partial charge on any atom is -0.457 e. The van der Waals surface area contributed by atoms with Crippen LogP contribution in [-0.4, -0.2) is 10.9 Å². The van der Waals surface area contributed by atoms with E-state index in [2.05, 4.69) is 16.9 Å². The number of hydrogen-bond donors (Lipinski definition) is 2. The molecule has 0 atom stereocenters. The van der Waals surface area contributed by atoms with Crippen molar-refractivity contribution in [2.45, 2.75) is 0 Å². The molecule has 0 spiro atoms. The van der Waals surface area contributed by atoms with E-state index in [0.29, 0.717) is 34.4 Å². The number of fused-ring (bicyclic) bond motifs is 1. The monoisotopic (exact) mass is 437 g/mol. The Morgan fingerprint density at radius 3 is 2.45 bits per heavy atom. The third-order valence-electron chi connectivity index (χ3n) is 5.19. The Morgan fingerprint density at radius 2 is 1.67 bits per heavy atom. The number of amides is 1. The van der Waals surface area contributed by atoms with Gasteiger partial charge >= 0.3 is 0 Å². The van der Waals surface area contributed by atoms with E-state index in [0.717, 1.165) is 11.3 Å². The van der Waals surface area contributed by atoms with Gasteiger partial charge < -0.3 is 15.0 Å². The van der Waals surface area contributed by atoms with E-state index >= 15 is 0 Å². The third-order valence-corrected chi connectivity index (χ3v) is 5.19. The summed E-state index contributed by atoms with van der Waals surface area (Å²) in [6.07, 6.45) is 3.74. The van der Waals surface area contributed by atoms with Crippen LogP contribution in [0.2, 0.25) is 0 Å². The number of carbonyl (C=O) groups excluding carboxylic acids is 1. The third kappa shape index (κ3) is 4.27. The predicted octanol–water partition coefficient (Wildman–Crippen LogP) is 6.88. The van der Waals surface area contributed by atoms with Gasteiger partial charge in [0.15, 0.2) is 0 Å². The van der Waals surface area contributed by atoms with Crippen molar-refractivity contribution in [1.82, 2.24) is 4.98 Å². The van der Waals surface area contributed by atoms with Crippen LogP contribution < -0.4 is 15.0 Å². The molecule has 2 heterocycles. The normalized spacial score (nSPS) is 12.4. The zero-order valence-electron chi connectivity index (χ0n) is 17.6. The first-order chi connectivity index (χ1) is 16.1. The zero-order chi connectivity index (χ0) is 22.8. The summed E-state index contributed by atoms with van der Waals surface area (Å²) in [5, 5.41) is 2.90. The van der Waals surface area contributed by atoms with E-state index in [9.17, 15) is 9.18 Å². The van der Waals surface area contributed by atoms with Gasteiger partial charge in [-0.05, 0) is 66.7 Å². The SMILES string of the molecule is C=C1C=Cc2cc(C(=O)Nc3cccc(Oc4ccccc4)c3)[nH]c2N1c1ccc(F)cc1. The molecule has 0 radical (unpaired) electrons. The molecule has 2 N–H and O–H groups in total. The van der Waals surface area contributed by atoms with Gasteiger partial charge in [0.25, 0.3) is 5.91 Å². The summed E-state index contributed by atoms with van der Waals surface area (Å²) in [5.74, 6) is 1.42. The van der Waals surface area contributed by atoms with E-state index in [1.165, 1.54) is 12.1 Å². The smallest absolute Gasteiger partial charge is 0.272 e. The van der Waals surface area contributed by atoms with Crippen LogP contribution in [0.25, 0.3) is 6.08 Å². The van der Waals surface area contributed by atoms with Crippen molar-refractivity contribution in [3.8, 4) is 11.5 Å². The summed E-state index contributed by atoms with van der Waals surface area (Å²) in [7, 11) is 0. The van der Waals surface area contributed by atoms with Crippen molar-refractivity contribution < 1.29 is 13.9 Å². The van der Waals surface area contributed by atoms with Crippen LogP contribution in [0.15, 0.2) is 103 Å². The molecular weight excluding hydrogens is 417 g/mol. The van der Waals surface area contributed by atoms with Gasteiger partial charge in [0.1, 0.15) is 28.8 Å². The average molecular weight is 437 g/mol. The summed E-state index contributed by atoms with van der Waals surface area (Å²) in [6.45, 7) is 4.07. The lowest BCUT2D eigenvalue weighted by molar-refractivity contribution is 0.102. The van der Waals surface area contributed by atoms with Crippen molar-refractivity contribution in [3.05, 3.63) is 120 Å². The molecule has 0 aliphatic carbocycles. The number of aromatic amines is 1. The molecule has 162 valence electrons. The van der Waals surface area contributed by atoms with Crippen molar-refractivity contribution >= 4 is 29.2 Å². The maximum Gasteiger partial charge on any atom is 0.272 e. The van der Waals surface area contributed by atoms with Gasteiger partial charge in [-0.15, -0.1) is 0 Å². The van der Waals surface area contributed by atoms with Crippen LogP contribution in [-0.2, 0) is 0 Å². The van der Waals surface area contributed by atoms with E-state index in [4.69, 9.17) is 4.74 Å². The number of ether oxygens (including phenoxy) is 1. The number of hydrogen-bond acceptors (Lipinski definition) is 3. The van der Waals surface area contributed by atoms with Crippen LogP contribution in [0, 0.1) is 5.82 Å². The fourth-order valence-corrected chi connectivity index (χ4v) is 3.64. The summed E-state index contributed by atoms with van der Waals surface area (Å²) < 4.78 is 19.2. The number of para-hydroxylation sites is 1. The first-order valence-electron chi connectivity index (χ1n) is 10.4. The van der Waals surface area contributed by atoms with E-state index in [-0.39, 0.29) is 11.7 Å². The lowest BCUT2D eigenvalue weighted by Gasteiger charge is -2.27. The molecule has 0 unspecified atom stereocenters. The standard InChI is InChI=1S/C27H20FN3O2/c1-18-10-11-19-16-25(30-26(19)31(18)22-14-12-20(28)13-15-22)27(32)29-21-6-5-9-24(17-21)33-23-7-3-2-4-8-23/h2-17,30H,1H2,(H,29,32). The molecule has 1 aliphatic heterocycles. The lowest BCUT2D eigenvalue weighted by Crippen LogP contribution is -2.18. The largest absolute Gasteiger partial charge is 0.457 e. The number of allylic oxidation sites excluding steroid dienone is 1. The first kappa shape index (κ1) is 20.3. The summed E-state index contributed by atoms with van der Waals surface area (Å²) in [5.41, 5.74) is 3.27. The second kappa shape index (κ2) is 8.51. The van der Waals surface area contributed by atoms with Gasteiger partial charge in [0.2, 0.25) is 0 Å². The highest BCUT2D eigenvalue weighted by Gasteiger charge is 2.23. The number of aromatic nitrogens is 1.